The van der Waals surface area contributed by atoms with Gasteiger partial charge in [0.1, 0.15) is 5.75 Å². The number of nitrogens with zero attached hydrogens (tertiary/aromatic N) is 1. The predicted molar refractivity (Wildman–Crippen MR) is 118 cm³/mol. The second kappa shape index (κ2) is 10.1. The van der Waals surface area contributed by atoms with Gasteiger partial charge in [-0.25, -0.2) is 8.42 Å². The Hall–Kier alpha value is -2.38. The van der Waals surface area contributed by atoms with Crippen molar-refractivity contribution in [2.24, 2.45) is 0 Å². The van der Waals surface area contributed by atoms with E-state index in [2.05, 4.69) is 12.2 Å². The van der Waals surface area contributed by atoms with Gasteiger partial charge in [-0.15, -0.1) is 0 Å². The Bertz CT molecular complexity index is 934. The average Bonchev–Trinajstić information content (AvgIpc) is 2.78. The summed E-state index contributed by atoms with van der Waals surface area (Å²) in [4.78, 5) is 12.4. The number of hydrogen-bond donors (Lipinski definition) is 1. The molecular weight excluding hydrogens is 400 g/mol. The third-order valence-electron chi connectivity index (χ3n) is 5.61. The van der Waals surface area contributed by atoms with Crippen molar-refractivity contribution in [2.45, 2.75) is 56.4 Å². The maximum Gasteiger partial charge on any atom is 0.262 e. The largest absolute Gasteiger partial charge is 0.484 e. The van der Waals surface area contributed by atoms with Crippen LogP contribution in [0.4, 0.5) is 5.69 Å². The lowest BCUT2D eigenvalue weighted by atomic mass is 9.96. The lowest BCUT2D eigenvalue weighted by molar-refractivity contribution is -0.118. The SMILES string of the molecule is CCc1ccc(OCC(=O)Nc2ccc(S(=O)(=O)N(C)C3CCCCC3)cc2)cc1. The molecule has 1 saturated carbocycles. The van der Waals surface area contributed by atoms with Crippen LogP contribution in [0, 0.1) is 0 Å². The van der Waals surface area contributed by atoms with Crippen molar-refractivity contribution in [2.75, 3.05) is 19.0 Å². The van der Waals surface area contributed by atoms with Crippen LogP contribution in [0.25, 0.3) is 0 Å². The molecule has 7 heteroatoms. The molecular formula is C23H30N2O4S. The first-order chi connectivity index (χ1) is 14.4. The maximum atomic E-state index is 12.9. The van der Waals surface area contributed by atoms with E-state index in [-0.39, 0.29) is 23.5 Å². The summed E-state index contributed by atoms with van der Waals surface area (Å²) >= 11 is 0. The van der Waals surface area contributed by atoms with E-state index in [4.69, 9.17) is 4.74 Å². The molecule has 1 aliphatic rings. The van der Waals surface area contributed by atoms with Crippen LogP contribution in [-0.4, -0.2) is 38.3 Å². The molecule has 162 valence electrons. The number of benzene rings is 2. The van der Waals surface area contributed by atoms with Crippen LogP contribution in [0.5, 0.6) is 5.75 Å². The number of ether oxygens (including phenoxy) is 1. The standard InChI is InChI=1S/C23H30N2O4S/c1-3-18-9-13-21(14-10-18)29-17-23(26)24-19-11-15-22(16-12-19)30(27,28)25(2)20-7-5-4-6-8-20/h9-16,20H,3-8,17H2,1-2H3,(H,24,26). The van der Waals surface area contributed by atoms with Crippen molar-refractivity contribution < 1.29 is 17.9 Å². The van der Waals surface area contributed by atoms with Gasteiger partial charge in [0.25, 0.3) is 5.91 Å². The fourth-order valence-electron chi connectivity index (χ4n) is 3.68. The highest BCUT2D eigenvalue weighted by atomic mass is 32.2. The van der Waals surface area contributed by atoms with Gasteiger partial charge >= 0.3 is 0 Å². The van der Waals surface area contributed by atoms with E-state index in [0.717, 1.165) is 32.1 Å². The van der Waals surface area contributed by atoms with Crippen molar-refractivity contribution >= 4 is 21.6 Å². The number of anilines is 1. The molecule has 2 aromatic carbocycles. The van der Waals surface area contributed by atoms with Gasteiger partial charge < -0.3 is 10.1 Å². The van der Waals surface area contributed by atoms with Gasteiger partial charge in [0.05, 0.1) is 4.90 Å². The summed E-state index contributed by atoms with van der Waals surface area (Å²) in [6.45, 7) is 1.96. The van der Waals surface area contributed by atoms with Crippen molar-refractivity contribution in [3.63, 3.8) is 0 Å². The summed E-state index contributed by atoms with van der Waals surface area (Å²) < 4.78 is 32.8. The first kappa shape index (κ1) is 22.3. The lowest BCUT2D eigenvalue weighted by Gasteiger charge is -2.30. The van der Waals surface area contributed by atoms with Crippen molar-refractivity contribution in [3.05, 3.63) is 54.1 Å². The zero-order chi connectivity index (χ0) is 21.6. The average molecular weight is 431 g/mol. The van der Waals surface area contributed by atoms with Gasteiger partial charge in [-0.05, 0) is 61.2 Å². The second-order valence-corrected chi connectivity index (χ2v) is 9.67. The number of amides is 1. The highest BCUT2D eigenvalue weighted by Gasteiger charge is 2.28. The monoisotopic (exact) mass is 430 g/mol. The highest BCUT2D eigenvalue weighted by Crippen LogP contribution is 2.27. The summed E-state index contributed by atoms with van der Waals surface area (Å²) in [6, 6.07) is 14.0. The topological polar surface area (TPSA) is 75.7 Å². The van der Waals surface area contributed by atoms with Crippen LogP contribution in [0.15, 0.2) is 53.4 Å². The Kier molecular flexibility index (Phi) is 7.50. The number of aryl methyl sites for hydroxylation is 1. The van der Waals surface area contributed by atoms with E-state index in [1.165, 1.54) is 28.4 Å². The summed E-state index contributed by atoms with van der Waals surface area (Å²) in [6.07, 6.45) is 6.08. The second-order valence-electron chi connectivity index (χ2n) is 7.67. The zero-order valence-corrected chi connectivity index (χ0v) is 18.5. The van der Waals surface area contributed by atoms with E-state index < -0.39 is 10.0 Å². The van der Waals surface area contributed by atoms with E-state index >= 15 is 0 Å². The van der Waals surface area contributed by atoms with Crippen molar-refractivity contribution in [3.8, 4) is 5.75 Å². The van der Waals surface area contributed by atoms with E-state index in [1.807, 2.05) is 24.3 Å². The third-order valence-corrected chi connectivity index (χ3v) is 7.53. The number of sulfonamides is 1. The molecule has 1 amide bonds. The fourth-order valence-corrected chi connectivity index (χ4v) is 5.10. The van der Waals surface area contributed by atoms with Crippen LogP contribution in [0.1, 0.15) is 44.6 Å². The van der Waals surface area contributed by atoms with Crippen LogP contribution in [0.2, 0.25) is 0 Å². The Balaban J connectivity index is 1.55. The van der Waals surface area contributed by atoms with E-state index in [9.17, 15) is 13.2 Å². The Morgan fingerprint density at radius 3 is 2.27 bits per heavy atom. The molecule has 0 unspecified atom stereocenters. The van der Waals surface area contributed by atoms with Gasteiger partial charge in [-0.3, -0.25) is 4.79 Å². The zero-order valence-electron chi connectivity index (χ0n) is 17.6. The van der Waals surface area contributed by atoms with E-state index in [1.54, 1.807) is 19.2 Å². The molecule has 1 fully saturated rings. The molecule has 1 N–H and O–H groups in total. The summed E-state index contributed by atoms with van der Waals surface area (Å²) in [5.41, 5.74) is 1.74. The first-order valence-corrected chi connectivity index (χ1v) is 11.9. The number of hydrogen-bond acceptors (Lipinski definition) is 4. The maximum absolute atomic E-state index is 12.9. The number of carbonyl (C=O) groups excluding carboxylic acids is 1. The quantitative estimate of drug-likeness (QED) is 0.680. The van der Waals surface area contributed by atoms with Gasteiger partial charge in [0.15, 0.2) is 6.61 Å². The predicted octanol–water partition coefficient (Wildman–Crippen LogP) is 4.22. The van der Waals surface area contributed by atoms with Crippen LogP contribution >= 0.6 is 0 Å². The first-order valence-electron chi connectivity index (χ1n) is 10.5. The van der Waals surface area contributed by atoms with Gasteiger partial charge in [-0.2, -0.15) is 4.31 Å². The smallest absolute Gasteiger partial charge is 0.262 e. The van der Waals surface area contributed by atoms with Gasteiger partial charge in [-0.1, -0.05) is 38.3 Å². The highest BCUT2D eigenvalue weighted by molar-refractivity contribution is 7.89. The third kappa shape index (κ3) is 5.61. The van der Waals surface area contributed by atoms with Crippen molar-refractivity contribution in [1.82, 2.24) is 4.31 Å². The summed E-state index contributed by atoms with van der Waals surface area (Å²) in [7, 11) is -1.88. The molecule has 0 bridgehead atoms. The molecule has 0 aromatic heterocycles. The van der Waals surface area contributed by atoms with Gasteiger partial charge in [0.2, 0.25) is 10.0 Å². The molecule has 0 aliphatic heterocycles. The molecule has 30 heavy (non-hydrogen) atoms. The molecule has 3 rings (SSSR count). The van der Waals surface area contributed by atoms with Crippen LogP contribution in [0.3, 0.4) is 0 Å². The van der Waals surface area contributed by atoms with Crippen molar-refractivity contribution in [1.29, 1.82) is 0 Å². The van der Waals surface area contributed by atoms with E-state index in [0.29, 0.717) is 11.4 Å². The number of carbonyl (C=O) groups is 1. The Morgan fingerprint density at radius 2 is 1.67 bits per heavy atom. The lowest BCUT2D eigenvalue weighted by Crippen LogP contribution is -2.38. The summed E-state index contributed by atoms with van der Waals surface area (Å²) in [5.74, 6) is 0.332. The fraction of sp³-hybridized carbons (Fsp3) is 0.435. The molecule has 0 heterocycles. The van der Waals surface area contributed by atoms with Crippen LogP contribution < -0.4 is 10.1 Å². The van der Waals surface area contributed by atoms with Gasteiger partial charge in [0, 0.05) is 18.8 Å². The molecule has 0 saturated heterocycles. The molecule has 0 radical (unpaired) electrons. The molecule has 2 aromatic rings. The molecule has 0 atom stereocenters. The summed E-state index contributed by atoms with van der Waals surface area (Å²) in [5, 5.41) is 2.73. The van der Waals surface area contributed by atoms with Crippen LogP contribution in [-0.2, 0) is 21.2 Å². The number of nitrogens with one attached hydrogen (secondary N) is 1. The normalized spacial score (nSPS) is 15.2. The minimum atomic E-state index is -3.54. The minimum Gasteiger partial charge on any atom is -0.484 e. The Morgan fingerprint density at radius 1 is 1.03 bits per heavy atom. The molecule has 6 nitrogen and oxygen atoms in total. The Labute approximate surface area is 179 Å². The number of rotatable bonds is 8. The molecule has 0 spiro atoms. The minimum absolute atomic E-state index is 0.0617. The molecule has 1 aliphatic carbocycles.